The third-order valence-electron chi connectivity index (χ3n) is 3.86. The van der Waals surface area contributed by atoms with Crippen molar-refractivity contribution in [2.45, 2.75) is 18.9 Å². The Bertz CT molecular complexity index is 573. The predicted molar refractivity (Wildman–Crippen MR) is 74.8 cm³/mol. The monoisotopic (exact) mass is 275 g/mol. The number of amides is 2. The molecule has 0 saturated carbocycles. The summed E-state index contributed by atoms with van der Waals surface area (Å²) in [6.45, 7) is 0.799. The van der Waals surface area contributed by atoms with E-state index in [0.29, 0.717) is 25.9 Å². The van der Waals surface area contributed by atoms with Gasteiger partial charge in [0.05, 0.1) is 6.54 Å². The molecule has 2 heterocycles. The van der Waals surface area contributed by atoms with Gasteiger partial charge in [-0.25, -0.2) is 4.79 Å². The van der Waals surface area contributed by atoms with Gasteiger partial charge in [0.1, 0.15) is 6.10 Å². The molecule has 6 nitrogen and oxygen atoms in total. The molecule has 0 aromatic heterocycles. The molecule has 1 saturated heterocycles. The molecule has 1 fully saturated rings. The fourth-order valence-corrected chi connectivity index (χ4v) is 2.67. The first-order valence-electron chi connectivity index (χ1n) is 6.68. The van der Waals surface area contributed by atoms with Crippen molar-refractivity contribution in [2.24, 2.45) is 5.73 Å². The second kappa shape index (κ2) is 4.79. The van der Waals surface area contributed by atoms with Crippen molar-refractivity contribution >= 4 is 23.4 Å². The molecule has 1 aromatic rings. The van der Waals surface area contributed by atoms with Crippen LogP contribution >= 0.6 is 0 Å². The number of ether oxygens (including phenoxy) is 1. The van der Waals surface area contributed by atoms with Crippen LogP contribution in [0.1, 0.15) is 12.0 Å². The van der Waals surface area contributed by atoms with Crippen LogP contribution in [0.3, 0.4) is 0 Å². The predicted octanol–water partition coefficient (Wildman–Crippen LogP) is 0.879. The summed E-state index contributed by atoms with van der Waals surface area (Å²) in [5.74, 6) is 0.119. The first kappa shape index (κ1) is 12.9. The molecule has 2 aliphatic rings. The van der Waals surface area contributed by atoms with Gasteiger partial charge in [-0.1, -0.05) is 0 Å². The largest absolute Gasteiger partial charge is 0.443 e. The van der Waals surface area contributed by atoms with Crippen molar-refractivity contribution in [3.05, 3.63) is 23.8 Å². The van der Waals surface area contributed by atoms with Gasteiger partial charge in [-0.15, -0.1) is 0 Å². The van der Waals surface area contributed by atoms with E-state index in [-0.39, 0.29) is 18.1 Å². The van der Waals surface area contributed by atoms with E-state index in [0.717, 1.165) is 16.9 Å². The number of fused-ring (bicyclic) bond motifs is 1. The third-order valence-corrected chi connectivity index (χ3v) is 3.86. The maximum Gasteiger partial charge on any atom is 0.414 e. The number of rotatable bonds is 2. The van der Waals surface area contributed by atoms with Crippen molar-refractivity contribution in [2.75, 3.05) is 29.9 Å². The van der Waals surface area contributed by atoms with Crippen LogP contribution in [0.15, 0.2) is 18.2 Å². The molecule has 0 radical (unpaired) electrons. The molecule has 20 heavy (non-hydrogen) atoms. The van der Waals surface area contributed by atoms with Gasteiger partial charge in [0.2, 0.25) is 5.91 Å². The molecular weight excluding hydrogens is 258 g/mol. The van der Waals surface area contributed by atoms with Crippen molar-refractivity contribution in [1.29, 1.82) is 0 Å². The zero-order chi connectivity index (χ0) is 14.3. The molecule has 0 bridgehead atoms. The van der Waals surface area contributed by atoms with Gasteiger partial charge in [0, 0.05) is 31.4 Å². The Morgan fingerprint density at radius 3 is 2.85 bits per heavy atom. The number of nitrogens with two attached hydrogens (primary N) is 1. The molecule has 1 aromatic carbocycles. The Balaban J connectivity index is 1.90. The molecule has 0 spiro atoms. The van der Waals surface area contributed by atoms with Crippen LogP contribution < -0.4 is 15.5 Å². The first-order valence-corrected chi connectivity index (χ1v) is 6.68. The molecule has 106 valence electrons. The Morgan fingerprint density at radius 2 is 2.15 bits per heavy atom. The van der Waals surface area contributed by atoms with Gasteiger partial charge in [-0.2, -0.15) is 0 Å². The van der Waals surface area contributed by atoms with Crippen LogP contribution in [0.4, 0.5) is 16.2 Å². The first-order chi connectivity index (χ1) is 9.60. The number of cyclic esters (lactones) is 1. The Kier molecular flexibility index (Phi) is 3.10. The van der Waals surface area contributed by atoms with E-state index in [2.05, 4.69) is 0 Å². The van der Waals surface area contributed by atoms with Gasteiger partial charge in [0.15, 0.2) is 0 Å². The van der Waals surface area contributed by atoms with Crippen molar-refractivity contribution in [3.63, 3.8) is 0 Å². The van der Waals surface area contributed by atoms with Crippen LogP contribution in [-0.2, 0) is 16.0 Å². The second-order valence-electron chi connectivity index (χ2n) is 5.12. The maximum absolute atomic E-state index is 11.8. The van der Waals surface area contributed by atoms with Crippen molar-refractivity contribution < 1.29 is 14.3 Å². The van der Waals surface area contributed by atoms with E-state index in [1.54, 1.807) is 16.8 Å². The zero-order valence-corrected chi connectivity index (χ0v) is 11.3. The molecule has 2 N–H and O–H groups in total. The van der Waals surface area contributed by atoms with Gasteiger partial charge in [-0.05, 0) is 30.2 Å². The highest BCUT2D eigenvalue weighted by atomic mass is 16.6. The van der Waals surface area contributed by atoms with E-state index < -0.39 is 0 Å². The fraction of sp³-hybridized carbons (Fsp3) is 0.429. The van der Waals surface area contributed by atoms with E-state index in [1.807, 2.05) is 18.2 Å². The average Bonchev–Trinajstić information content (AvgIpc) is 2.84. The van der Waals surface area contributed by atoms with Crippen LogP contribution in [0, 0.1) is 0 Å². The molecule has 2 aliphatic heterocycles. The third kappa shape index (κ3) is 2.02. The highest BCUT2D eigenvalue weighted by molar-refractivity contribution is 5.97. The summed E-state index contributed by atoms with van der Waals surface area (Å²) in [5, 5.41) is 0. The number of aryl methyl sites for hydroxylation is 1. The minimum absolute atomic E-state index is 0.119. The number of hydrogen-bond acceptors (Lipinski definition) is 4. The van der Waals surface area contributed by atoms with E-state index >= 15 is 0 Å². The Morgan fingerprint density at radius 1 is 1.35 bits per heavy atom. The summed E-state index contributed by atoms with van der Waals surface area (Å²) >= 11 is 0. The van der Waals surface area contributed by atoms with Gasteiger partial charge in [-0.3, -0.25) is 9.69 Å². The lowest BCUT2D eigenvalue weighted by Crippen LogP contribution is -2.32. The summed E-state index contributed by atoms with van der Waals surface area (Å²) in [4.78, 5) is 26.7. The highest BCUT2D eigenvalue weighted by Gasteiger charge is 2.32. The Hall–Kier alpha value is -2.08. The van der Waals surface area contributed by atoms with Crippen LogP contribution in [-0.4, -0.2) is 38.2 Å². The normalized spacial score (nSPS) is 22.0. The second-order valence-corrected chi connectivity index (χ2v) is 5.12. The van der Waals surface area contributed by atoms with Gasteiger partial charge < -0.3 is 15.4 Å². The molecule has 2 amide bonds. The van der Waals surface area contributed by atoms with Crippen LogP contribution in [0.2, 0.25) is 0 Å². The maximum atomic E-state index is 11.8. The molecule has 6 heteroatoms. The smallest absolute Gasteiger partial charge is 0.414 e. The number of nitrogens with zero attached hydrogens (tertiary/aromatic N) is 2. The summed E-state index contributed by atoms with van der Waals surface area (Å²) in [7, 11) is 1.77. The van der Waals surface area contributed by atoms with E-state index in [4.69, 9.17) is 10.5 Å². The molecule has 3 rings (SSSR count). The number of carbonyl (C=O) groups is 2. The summed E-state index contributed by atoms with van der Waals surface area (Å²) in [6, 6.07) is 5.68. The zero-order valence-electron chi connectivity index (χ0n) is 11.3. The summed E-state index contributed by atoms with van der Waals surface area (Å²) in [5.41, 5.74) is 8.32. The lowest BCUT2D eigenvalue weighted by atomic mass is 10.0. The van der Waals surface area contributed by atoms with Crippen LogP contribution in [0.5, 0.6) is 0 Å². The van der Waals surface area contributed by atoms with Crippen molar-refractivity contribution in [1.82, 2.24) is 0 Å². The van der Waals surface area contributed by atoms with Crippen molar-refractivity contribution in [3.8, 4) is 0 Å². The molecule has 1 atom stereocenters. The van der Waals surface area contributed by atoms with E-state index in [1.165, 1.54) is 0 Å². The summed E-state index contributed by atoms with van der Waals surface area (Å²) < 4.78 is 5.16. The SMILES string of the molecule is CN1C(=O)CCc2cc(N3C[C@@H](CN)OC3=O)ccc21. The van der Waals surface area contributed by atoms with E-state index in [9.17, 15) is 9.59 Å². The lowest BCUT2D eigenvalue weighted by Gasteiger charge is -2.27. The number of hydrogen-bond donors (Lipinski definition) is 1. The Labute approximate surface area is 117 Å². The number of carbonyl (C=O) groups excluding carboxylic acids is 2. The average molecular weight is 275 g/mol. The quantitative estimate of drug-likeness (QED) is 0.869. The highest BCUT2D eigenvalue weighted by Crippen LogP contribution is 2.32. The minimum Gasteiger partial charge on any atom is -0.443 e. The molecular formula is C14H17N3O3. The number of anilines is 2. The van der Waals surface area contributed by atoms with Crippen LogP contribution in [0.25, 0.3) is 0 Å². The minimum atomic E-state index is -0.361. The standard InChI is InChI=1S/C14H17N3O3/c1-16-12-4-3-10(6-9(12)2-5-13(16)18)17-8-11(7-15)20-14(17)19/h3-4,6,11H,2,5,7-8,15H2,1H3/t11-/m1/s1. The topological polar surface area (TPSA) is 75.9 Å². The van der Waals surface area contributed by atoms with Gasteiger partial charge in [0.25, 0.3) is 0 Å². The van der Waals surface area contributed by atoms with Gasteiger partial charge >= 0.3 is 6.09 Å². The fourth-order valence-electron chi connectivity index (χ4n) is 2.67. The summed E-state index contributed by atoms with van der Waals surface area (Å²) in [6.07, 6.45) is 0.599. The number of benzene rings is 1. The lowest BCUT2D eigenvalue weighted by molar-refractivity contribution is -0.118. The molecule has 0 aliphatic carbocycles. The molecule has 0 unspecified atom stereocenters.